The molecule has 0 aliphatic rings. The predicted octanol–water partition coefficient (Wildman–Crippen LogP) is 2.16. The average molecular weight is 298 g/mol. The van der Waals surface area contributed by atoms with Crippen LogP contribution in [-0.2, 0) is 16.4 Å². The third-order valence-corrected chi connectivity index (χ3v) is 4.95. The lowest BCUT2D eigenvalue weighted by atomic mass is 10.0. The van der Waals surface area contributed by atoms with Gasteiger partial charge in [-0.05, 0) is 50.0 Å². The highest BCUT2D eigenvalue weighted by Crippen LogP contribution is 2.14. The van der Waals surface area contributed by atoms with Gasteiger partial charge in [-0.1, -0.05) is 32.9 Å². The molecular weight excluding hydrogens is 272 g/mol. The van der Waals surface area contributed by atoms with Crippen molar-refractivity contribution in [2.45, 2.75) is 44.6 Å². The second-order valence-corrected chi connectivity index (χ2v) is 7.09. The molecular formula is C15H26N2O2S. The van der Waals surface area contributed by atoms with Crippen molar-refractivity contribution in [2.75, 3.05) is 13.6 Å². The number of sulfonamides is 1. The molecule has 0 aliphatic heterocycles. The zero-order chi connectivity index (χ0) is 15.2. The van der Waals surface area contributed by atoms with Crippen LogP contribution in [0.4, 0.5) is 0 Å². The van der Waals surface area contributed by atoms with E-state index in [2.05, 4.69) is 10.0 Å². The van der Waals surface area contributed by atoms with Crippen LogP contribution in [0.1, 0.15) is 32.8 Å². The zero-order valence-corrected chi connectivity index (χ0v) is 13.6. The molecule has 1 rings (SSSR count). The van der Waals surface area contributed by atoms with E-state index in [-0.39, 0.29) is 12.0 Å². The average Bonchev–Trinajstić information content (AvgIpc) is 2.42. The van der Waals surface area contributed by atoms with Crippen molar-refractivity contribution in [3.8, 4) is 0 Å². The highest BCUT2D eigenvalue weighted by Gasteiger charge is 2.20. The summed E-state index contributed by atoms with van der Waals surface area (Å²) in [5, 5.41) is 3.08. The van der Waals surface area contributed by atoms with E-state index < -0.39 is 10.0 Å². The summed E-state index contributed by atoms with van der Waals surface area (Å²) in [5.74, 6) is 0.282. The summed E-state index contributed by atoms with van der Waals surface area (Å²) < 4.78 is 27.4. The topological polar surface area (TPSA) is 58.2 Å². The summed E-state index contributed by atoms with van der Waals surface area (Å²) >= 11 is 0. The SMILES string of the molecule is CCC(NS(=O)(=O)c1ccc(CCNC)cc1)C(C)C. The largest absolute Gasteiger partial charge is 0.319 e. The van der Waals surface area contributed by atoms with Gasteiger partial charge < -0.3 is 5.32 Å². The van der Waals surface area contributed by atoms with Crippen molar-refractivity contribution in [2.24, 2.45) is 5.92 Å². The predicted molar refractivity (Wildman–Crippen MR) is 83.3 cm³/mol. The molecule has 4 nitrogen and oxygen atoms in total. The Hall–Kier alpha value is -0.910. The molecule has 0 saturated carbocycles. The Bertz CT molecular complexity index is 495. The molecule has 0 aromatic heterocycles. The maximum absolute atomic E-state index is 12.3. The van der Waals surface area contributed by atoms with Gasteiger partial charge in [-0.3, -0.25) is 0 Å². The van der Waals surface area contributed by atoms with Gasteiger partial charge >= 0.3 is 0 Å². The maximum Gasteiger partial charge on any atom is 0.240 e. The van der Waals surface area contributed by atoms with E-state index in [1.165, 1.54) is 0 Å². The Morgan fingerprint density at radius 3 is 2.20 bits per heavy atom. The first kappa shape index (κ1) is 17.1. The third-order valence-electron chi connectivity index (χ3n) is 3.45. The van der Waals surface area contributed by atoms with Gasteiger partial charge in [-0.2, -0.15) is 0 Å². The van der Waals surface area contributed by atoms with Crippen molar-refractivity contribution >= 4 is 10.0 Å². The maximum atomic E-state index is 12.3. The fraction of sp³-hybridized carbons (Fsp3) is 0.600. The first-order chi connectivity index (χ1) is 9.40. The zero-order valence-electron chi connectivity index (χ0n) is 12.8. The van der Waals surface area contributed by atoms with Crippen LogP contribution in [0, 0.1) is 5.92 Å². The van der Waals surface area contributed by atoms with Gasteiger partial charge in [-0.25, -0.2) is 13.1 Å². The second kappa shape index (κ2) is 7.76. The Labute approximate surface area is 123 Å². The van der Waals surface area contributed by atoms with E-state index in [0.717, 1.165) is 24.9 Å². The smallest absolute Gasteiger partial charge is 0.240 e. The number of nitrogens with one attached hydrogen (secondary N) is 2. The van der Waals surface area contributed by atoms with Gasteiger partial charge in [0.1, 0.15) is 0 Å². The second-order valence-electron chi connectivity index (χ2n) is 5.38. The first-order valence-corrected chi connectivity index (χ1v) is 8.65. The molecule has 0 heterocycles. The molecule has 114 valence electrons. The minimum Gasteiger partial charge on any atom is -0.319 e. The first-order valence-electron chi connectivity index (χ1n) is 7.16. The summed E-state index contributed by atoms with van der Waals surface area (Å²) in [5.41, 5.74) is 1.13. The van der Waals surface area contributed by atoms with Crippen LogP contribution < -0.4 is 10.0 Å². The Morgan fingerprint density at radius 1 is 1.15 bits per heavy atom. The Morgan fingerprint density at radius 2 is 1.75 bits per heavy atom. The summed E-state index contributed by atoms with van der Waals surface area (Å²) in [7, 11) is -1.52. The van der Waals surface area contributed by atoms with Crippen molar-refractivity contribution in [1.29, 1.82) is 0 Å². The fourth-order valence-corrected chi connectivity index (χ4v) is 3.53. The lowest BCUT2D eigenvalue weighted by molar-refractivity contribution is 0.437. The van der Waals surface area contributed by atoms with Gasteiger partial charge in [0, 0.05) is 6.04 Å². The minimum atomic E-state index is -3.42. The molecule has 0 fully saturated rings. The van der Waals surface area contributed by atoms with Gasteiger partial charge in [0.25, 0.3) is 0 Å². The highest BCUT2D eigenvalue weighted by molar-refractivity contribution is 7.89. The third kappa shape index (κ3) is 4.89. The quantitative estimate of drug-likeness (QED) is 0.773. The Balaban J connectivity index is 2.82. The van der Waals surface area contributed by atoms with Crippen LogP contribution >= 0.6 is 0 Å². The molecule has 2 N–H and O–H groups in total. The van der Waals surface area contributed by atoms with Crippen molar-refractivity contribution in [3.63, 3.8) is 0 Å². The molecule has 1 atom stereocenters. The molecule has 20 heavy (non-hydrogen) atoms. The molecule has 0 amide bonds. The van der Waals surface area contributed by atoms with Crippen LogP contribution in [0.3, 0.4) is 0 Å². The van der Waals surface area contributed by atoms with E-state index >= 15 is 0 Å². The van der Waals surface area contributed by atoms with Gasteiger partial charge in [0.2, 0.25) is 10.0 Å². The van der Waals surface area contributed by atoms with Crippen LogP contribution in [0.2, 0.25) is 0 Å². The molecule has 0 radical (unpaired) electrons. The number of rotatable bonds is 8. The lowest BCUT2D eigenvalue weighted by Crippen LogP contribution is -2.37. The van der Waals surface area contributed by atoms with Crippen LogP contribution in [0.15, 0.2) is 29.2 Å². The fourth-order valence-electron chi connectivity index (χ4n) is 2.06. The van der Waals surface area contributed by atoms with E-state index in [9.17, 15) is 8.42 Å². The lowest BCUT2D eigenvalue weighted by Gasteiger charge is -2.20. The van der Waals surface area contributed by atoms with Gasteiger partial charge in [0.05, 0.1) is 4.90 Å². The van der Waals surface area contributed by atoms with E-state index in [1.54, 1.807) is 12.1 Å². The summed E-state index contributed by atoms with van der Waals surface area (Å²) in [6.07, 6.45) is 1.69. The van der Waals surface area contributed by atoms with Crippen molar-refractivity contribution < 1.29 is 8.42 Å². The van der Waals surface area contributed by atoms with Crippen molar-refractivity contribution in [1.82, 2.24) is 10.0 Å². The Kier molecular flexibility index (Phi) is 6.65. The summed E-state index contributed by atoms with van der Waals surface area (Å²) in [6, 6.07) is 7.09. The number of hydrogen-bond acceptors (Lipinski definition) is 3. The van der Waals surface area contributed by atoms with Crippen LogP contribution in [0.25, 0.3) is 0 Å². The minimum absolute atomic E-state index is 0.0241. The van der Waals surface area contributed by atoms with E-state index in [1.807, 2.05) is 40.0 Å². The van der Waals surface area contributed by atoms with E-state index in [4.69, 9.17) is 0 Å². The standard InChI is InChI=1S/C15H26N2O2S/c1-5-15(12(2)3)17-20(18,19)14-8-6-13(7-9-14)10-11-16-4/h6-9,12,15-17H,5,10-11H2,1-4H3. The number of likely N-dealkylation sites (N-methyl/N-ethyl adjacent to an activating group) is 1. The molecule has 5 heteroatoms. The van der Waals surface area contributed by atoms with Gasteiger partial charge in [-0.15, -0.1) is 0 Å². The molecule has 0 spiro atoms. The molecule has 1 unspecified atom stereocenters. The molecule has 0 saturated heterocycles. The molecule has 1 aromatic carbocycles. The van der Waals surface area contributed by atoms with Gasteiger partial charge in [0.15, 0.2) is 0 Å². The van der Waals surface area contributed by atoms with E-state index in [0.29, 0.717) is 4.90 Å². The number of benzene rings is 1. The van der Waals surface area contributed by atoms with Crippen LogP contribution in [0.5, 0.6) is 0 Å². The highest BCUT2D eigenvalue weighted by atomic mass is 32.2. The van der Waals surface area contributed by atoms with Crippen LogP contribution in [-0.4, -0.2) is 28.1 Å². The summed E-state index contributed by atoms with van der Waals surface area (Å²) in [6.45, 7) is 6.93. The number of hydrogen-bond donors (Lipinski definition) is 2. The van der Waals surface area contributed by atoms with Crippen molar-refractivity contribution in [3.05, 3.63) is 29.8 Å². The summed E-state index contributed by atoms with van der Waals surface area (Å²) in [4.78, 5) is 0.338. The monoisotopic (exact) mass is 298 g/mol. The molecule has 1 aromatic rings. The molecule has 0 bridgehead atoms. The molecule has 0 aliphatic carbocycles. The normalized spacial score (nSPS) is 13.7.